The van der Waals surface area contributed by atoms with Crippen molar-refractivity contribution in [3.05, 3.63) is 52.1 Å². The number of hydrogen-bond donors (Lipinski definition) is 1. The van der Waals surface area contributed by atoms with Gasteiger partial charge in [-0.2, -0.15) is 11.1 Å². The molecule has 3 heteroatoms. The van der Waals surface area contributed by atoms with Crippen LogP contribution in [0.5, 0.6) is 5.75 Å². The molecule has 2 rings (SSSR count). The second kappa shape index (κ2) is 12.1. The molecule has 0 spiro atoms. The summed E-state index contributed by atoms with van der Waals surface area (Å²) < 4.78 is 0. The number of aryl methyl sites for hydroxylation is 1. The molecule has 2 radical (unpaired) electrons. The van der Waals surface area contributed by atoms with Crippen LogP contribution in [0.15, 0.2) is 34.9 Å². The van der Waals surface area contributed by atoms with Gasteiger partial charge in [-0.15, -0.1) is 6.92 Å². The molecule has 1 aromatic rings. The molecule has 1 aliphatic rings. The Morgan fingerprint density at radius 3 is 1.72 bits per heavy atom. The Labute approximate surface area is 178 Å². The molecule has 0 heterocycles. The van der Waals surface area contributed by atoms with Crippen LogP contribution in [-0.2, 0) is 31.6 Å². The molecule has 25 heavy (non-hydrogen) atoms. The van der Waals surface area contributed by atoms with Crippen LogP contribution in [0.4, 0.5) is 0 Å². The predicted molar refractivity (Wildman–Crippen MR) is 109 cm³/mol. The fraction of sp³-hybridized carbons (Fsp3) is 0.545. The van der Waals surface area contributed by atoms with Crippen molar-refractivity contribution < 1.29 is 31.3 Å². The Hall–Kier alpha value is -0.400. The van der Waals surface area contributed by atoms with E-state index in [0.717, 1.165) is 15.1 Å². The summed E-state index contributed by atoms with van der Waals surface area (Å²) in [5.41, 5.74) is 6.65. The van der Waals surface area contributed by atoms with Crippen molar-refractivity contribution in [2.45, 2.75) is 73.9 Å². The summed E-state index contributed by atoms with van der Waals surface area (Å²) in [6.07, 6.45) is 3.36. The van der Waals surface area contributed by atoms with Crippen LogP contribution in [0.1, 0.15) is 59.6 Å². The summed E-state index contributed by atoms with van der Waals surface area (Å²) in [7, 11) is 1.08. The zero-order valence-electron chi connectivity index (χ0n) is 17.8. The third-order valence-electron chi connectivity index (χ3n) is 4.16. The van der Waals surface area contributed by atoms with Gasteiger partial charge in [-0.3, -0.25) is 6.08 Å². The first kappa shape index (κ1) is 26.8. The summed E-state index contributed by atoms with van der Waals surface area (Å²) in [4.78, 5) is 0. The fourth-order valence-electron chi connectivity index (χ4n) is 2.36. The Morgan fingerprint density at radius 2 is 1.48 bits per heavy atom. The molecule has 0 saturated heterocycles. The fourth-order valence-corrected chi connectivity index (χ4v) is 2.36. The van der Waals surface area contributed by atoms with E-state index >= 15 is 0 Å². The summed E-state index contributed by atoms with van der Waals surface area (Å²) in [5.74, 6) is 0.921. The van der Waals surface area contributed by atoms with E-state index in [4.69, 9.17) is 0 Å². The minimum absolute atomic E-state index is 0. The zero-order valence-corrected chi connectivity index (χ0v) is 21.2. The number of hydrogen-bond acceptors (Lipinski definition) is 1. The minimum atomic E-state index is 0. The van der Waals surface area contributed by atoms with E-state index in [-0.39, 0.29) is 31.6 Å². The molecule has 1 aliphatic carbocycles. The van der Waals surface area contributed by atoms with E-state index < -0.39 is 0 Å². The second-order valence-electron chi connectivity index (χ2n) is 7.61. The van der Waals surface area contributed by atoms with Crippen LogP contribution >= 0.6 is 0 Å². The maximum atomic E-state index is 9.36. The molecule has 0 aromatic heterocycles. The van der Waals surface area contributed by atoms with Gasteiger partial charge in [0.2, 0.25) is 0 Å². The van der Waals surface area contributed by atoms with Gasteiger partial charge in [0.05, 0.1) is 0 Å². The number of allylic oxidation sites excluding steroid dienone is 4. The standard InChI is InChI=1S/C11H16O.C9H13.C2H6Si.Zr/c1-8-5-9(11(2,3)4)7-10(12)6-8;1-6-5-7(2)9(4)8(6)3;1-3-2;/h5-7,12H,1-4H3;6H,1-4H3;1-2H3;/q;-1;;. The Bertz CT molecular complexity index is 574. The molecular weight excluding hydrogens is 400 g/mol. The molecule has 1 nitrogen and oxygen atoms in total. The van der Waals surface area contributed by atoms with Crippen molar-refractivity contribution >= 4 is 9.52 Å². The van der Waals surface area contributed by atoms with E-state index in [1.54, 1.807) is 6.07 Å². The maximum absolute atomic E-state index is 9.36. The molecular formula is C22H35OSiZr-. The van der Waals surface area contributed by atoms with Gasteiger partial charge in [-0.25, -0.2) is 5.57 Å². The van der Waals surface area contributed by atoms with Crippen molar-refractivity contribution in [2.75, 3.05) is 0 Å². The first-order chi connectivity index (χ1) is 10.9. The van der Waals surface area contributed by atoms with Crippen LogP contribution in [0.25, 0.3) is 0 Å². The number of benzene rings is 1. The molecule has 0 fully saturated rings. The summed E-state index contributed by atoms with van der Waals surface area (Å²) in [5, 5.41) is 9.36. The van der Waals surface area contributed by atoms with Gasteiger partial charge in [-0.1, -0.05) is 66.6 Å². The van der Waals surface area contributed by atoms with Crippen molar-refractivity contribution in [3.63, 3.8) is 0 Å². The van der Waals surface area contributed by atoms with E-state index in [9.17, 15) is 5.11 Å². The van der Waals surface area contributed by atoms with Crippen molar-refractivity contribution in [1.82, 2.24) is 0 Å². The first-order valence-corrected chi connectivity index (χ1v) is 10.6. The summed E-state index contributed by atoms with van der Waals surface area (Å²) in [6.45, 7) is 21.4. The molecule has 1 unspecified atom stereocenters. The Kier molecular flexibility index (Phi) is 13.0. The third kappa shape index (κ3) is 9.75. The summed E-state index contributed by atoms with van der Waals surface area (Å²) in [6, 6.07) is 5.71. The van der Waals surface area contributed by atoms with Crippen molar-refractivity contribution in [1.29, 1.82) is 0 Å². The van der Waals surface area contributed by atoms with E-state index in [2.05, 4.69) is 73.7 Å². The van der Waals surface area contributed by atoms with E-state index in [1.165, 1.54) is 22.3 Å². The largest absolute Gasteiger partial charge is 0.508 e. The SMILES string of the molecule is CC1=[C-]C(C)C(C)=C1C.C[Si]C.Cc1cc(O)cc(C(C)(C)C)c1.[Zr]. The number of aromatic hydroxyl groups is 1. The topological polar surface area (TPSA) is 20.2 Å². The second-order valence-corrected chi connectivity index (χ2v) is 8.61. The maximum Gasteiger partial charge on any atom is 0.116 e. The smallest absolute Gasteiger partial charge is 0.116 e. The molecule has 0 saturated carbocycles. The first-order valence-electron chi connectivity index (χ1n) is 8.61. The molecule has 1 aromatic carbocycles. The Morgan fingerprint density at radius 1 is 1.00 bits per heavy atom. The van der Waals surface area contributed by atoms with Gasteiger partial charge in [0, 0.05) is 35.7 Å². The van der Waals surface area contributed by atoms with Crippen molar-refractivity contribution in [3.8, 4) is 5.75 Å². The third-order valence-corrected chi connectivity index (χ3v) is 4.16. The van der Waals surface area contributed by atoms with E-state index in [1.807, 2.05) is 13.0 Å². The van der Waals surface area contributed by atoms with Gasteiger partial charge in [0.1, 0.15) is 5.75 Å². The van der Waals surface area contributed by atoms with Crippen LogP contribution < -0.4 is 0 Å². The van der Waals surface area contributed by atoms with Crippen molar-refractivity contribution in [2.24, 2.45) is 5.92 Å². The van der Waals surface area contributed by atoms with Gasteiger partial charge < -0.3 is 5.11 Å². The molecule has 0 amide bonds. The van der Waals surface area contributed by atoms with Crippen LogP contribution in [0, 0.1) is 18.9 Å². The summed E-state index contributed by atoms with van der Waals surface area (Å²) >= 11 is 0. The quantitative estimate of drug-likeness (QED) is 0.365. The number of phenolic OH excluding ortho intramolecular Hbond substituents is 1. The average molecular weight is 435 g/mol. The minimum Gasteiger partial charge on any atom is -0.508 e. The van der Waals surface area contributed by atoms with Crippen LogP contribution in [0.3, 0.4) is 0 Å². The molecule has 0 aliphatic heterocycles. The zero-order chi connectivity index (χ0) is 19.1. The molecule has 1 atom stereocenters. The number of rotatable bonds is 0. The molecule has 0 bridgehead atoms. The van der Waals surface area contributed by atoms with Crippen LogP contribution in [-0.4, -0.2) is 14.6 Å². The average Bonchev–Trinajstić information content (AvgIpc) is 2.65. The monoisotopic (exact) mass is 433 g/mol. The molecule has 138 valence electrons. The predicted octanol–water partition coefficient (Wildman–Crippen LogP) is 6.50. The van der Waals surface area contributed by atoms with Gasteiger partial charge >= 0.3 is 0 Å². The Balaban J connectivity index is 0. The van der Waals surface area contributed by atoms with Gasteiger partial charge in [-0.05, 0) is 35.6 Å². The van der Waals surface area contributed by atoms with Gasteiger partial charge in [0.15, 0.2) is 0 Å². The van der Waals surface area contributed by atoms with E-state index in [0.29, 0.717) is 11.7 Å². The van der Waals surface area contributed by atoms with Crippen LogP contribution in [0.2, 0.25) is 13.1 Å². The molecule has 1 N–H and O–H groups in total. The van der Waals surface area contributed by atoms with Gasteiger partial charge in [0.25, 0.3) is 0 Å². The number of phenols is 1. The normalized spacial score (nSPS) is 16.1.